The normalized spacial score (nSPS) is 19.6. The van der Waals surface area contributed by atoms with Crippen molar-refractivity contribution in [3.8, 4) is 11.4 Å². The fourth-order valence-corrected chi connectivity index (χ4v) is 5.05. The summed E-state index contributed by atoms with van der Waals surface area (Å²) in [6.07, 6.45) is -4.73. The molecule has 0 saturated carbocycles. The van der Waals surface area contributed by atoms with Crippen LogP contribution in [0, 0.1) is 5.82 Å². The average Bonchev–Trinajstić information content (AvgIpc) is 3.13. The van der Waals surface area contributed by atoms with Crippen molar-refractivity contribution < 1.29 is 37.3 Å². The largest absolute Gasteiger partial charge is 0.507 e. The average molecular weight is 493 g/mol. The highest BCUT2D eigenvalue weighted by molar-refractivity contribution is 5.94. The molecule has 188 valence electrons. The van der Waals surface area contributed by atoms with Gasteiger partial charge in [-0.2, -0.15) is 13.2 Å². The third kappa shape index (κ3) is 4.26. The van der Waals surface area contributed by atoms with Gasteiger partial charge < -0.3 is 19.5 Å². The van der Waals surface area contributed by atoms with Gasteiger partial charge in [0.2, 0.25) is 0 Å². The molecule has 0 fully saturated rings. The Kier molecular flexibility index (Phi) is 6.34. The number of hydrogen-bond acceptors (Lipinski definition) is 3. The summed E-state index contributed by atoms with van der Waals surface area (Å²) in [5.41, 5.74) is -2.53. The van der Waals surface area contributed by atoms with Crippen molar-refractivity contribution in [3.05, 3.63) is 59.5 Å². The van der Waals surface area contributed by atoms with Gasteiger partial charge in [0, 0.05) is 34.2 Å². The topological polar surface area (TPSA) is 71.7 Å². The first-order chi connectivity index (χ1) is 16.4. The molecule has 0 bridgehead atoms. The van der Waals surface area contributed by atoms with Crippen molar-refractivity contribution in [2.24, 2.45) is 0 Å². The summed E-state index contributed by atoms with van der Waals surface area (Å²) in [6, 6.07) is 9.98. The Hall–Kier alpha value is -3.07. The van der Waals surface area contributed by atoms with E-state index in [1.807, 2.05) is 0 Å². The number of carboxylic acid groups (broad SMARTS) is 1. The van der Waals surface area contributed by atoms with E-state index in [1.165, 1.54) is 30.3 Å². The molecule has 9 heteroatoms. The summed E-state index contributed by atoms with van der Waals surface area (Å²) in [5, 5.41) is 19.7. The highest BCUT2D eigenvalue weighted by atomic mass is 19.4. The molecule has 0 saturated heterocycles. The number of benzene rings is 2. The van der Waals surface area contributed by atoms with E-state index in [0.717, 1.165) is 0 Å². The van der Waals surface area contributed by atoms with Gasteiger partial charge in [-0.25, -0.2) is 4.39 Å². The molecule has 2 N–H and O–H groups in total. The molecule has 3 aromatic rings. The van der Waals surface area contributed by atoms with E-state index in [1.54, 1.807) is 30.5 Å². The number of phenols is 1. The van der Waals surface area contributed by atoms with E-state index in [-0.39, 0.29) is 49.0 Å². The molecule has 0 spiro atoms. The molecule has 1 aliphatic heterocycles. The zero-order valence-corrected chi connectivity index (χ0v) is 19.5. The highest BCUT2D eigenvalue weighted by Gasteiger charge is 2.62. The van der Waals surface area contributed by atoms with E-state index >= 15 is 0 Å². The number of phenolic OH excluding ortho intramolecular Hbond substituents is 1. The monoisotopic (exact) mass is 493 g/mol. The Morgan fingerprint density at radius 1 is 1.09 bits per heavy atom. The first kappa shape index (κ1) is 25.0. The minimum atomic E-state index is -4.81. The van der Waals surface area contributed by atoms with Crippen LogP contribution in [0.4, 0.5) is 17.6 Å². The number of rotatable bonds is 7. The van der Waals surface area contributed by atoms with Crippen molar-refractivity contribution in [2.75, 3.05) is 6.61 Å². The van der Waals surface area contributed by atoms with E-state index in [4.69, 9.17) is 9.84 Å². The molecule has 0 radical (unpaired) electrons. The molecule has 2 aromatic carbocycles. The molecule has 2 heterocycles. The quantitative estimate of drug-likeness (QED) is 0.288. The second-order valence-electron chi connectivity index (χ2n) is 9.66. The summed E-state index contributed by atoms with van der Waals surface area (Å²) < 4.78 is 65.8. The number of nitrogens with zero attached hydrogens (tertiary/aromatic N) is 1. The molecule has 4 rings (SSSR count). The second kappa shape index (κ2) is 8.86. The lowest BCUT2D eigenvalue weighted by Crippen LogP contribution is -2.52. The van der Waals surface area contributed by atoms with Crippen LogP contribution < -0.4 is 0 Å². The molecule has 1 aromatic heterocycles. The van der Waals surface area contributed by atoms with Crippen LogP contribution in [-0.4, -0.2) is 33.5 Å². The zero-order valence-electron chi connectivity index (χ0n) is 19.5. The summed E-state index contributed by atoms with van der Waals surface area (Å²) in [4.78, 5) is 10.8. The van der Waals surface area contributed by atoms with E-state index in [2.05, 4.69) is 0 Å². The number of hydrogen-bond donors (Lipinski definition) is 2. The Morgan fingerprint density at radius 3 is 2.40 bits per heavy atom. The summed E-state index contributed by atoms with van der Waals surface area (Å²) in [5.74, 6) is -1.78. The SMILES string of the molecule is CC1(C)COC(CCCCCC(=O)O)(C(F)(F)F)c2c1n(-c1ccc(F)cc1)c1cccc(O)c21. The van der Waals surface area contributed by atoms with Crippen LogP contribution >= 0.6 is 0 Å². The van der Waals surface area contributed by atoms with Gasteiger partial charge in [0.05, 0.1) is 12.1 Å². The predicted molar refractivity (Wildman–Crippen MR) is 122 cm³/mol. The van der Waals surface area contributed by atoms with Gasteiger partial charge >= 0.3 is 12.1 Å². The van der Waals surface area contributed by atoms with Crippen LogP contribution in [0.2, 0.25) is 0 Å². The van der Waals surface area contributed by atoms with Crippen LogP contribution in [0.25, 0.3) is 16.6 Å². The number of unbranched alkanes of at least 4 members (excludes halogenated alkanes) is 2. The highest BCUT2D eigenvalue weighted by Crippen LogP contribution is 2.57. The number of fused-ring (bicyclic) bond motifs is 3. The molecule has 35 heavy (non-hydrogen) atoms. The van der Waals surface area contributed by atoms with Crippen LogP contribution in [0.3, 0.4) is 0 Å². The summed E-state index contributed by atoms with van der Waals surface area (Å²) >= 11 is 0. The minimum absolute atomic E-state index is 0.0439. The molecule has 5 nitrogen and oxygen atoms in total. The van der Waals surface area contributed by atoms with Gasteiger partial charge in [-0.3, -0.25) is 4.79 Å². The smallest absolute Gasteiger partial charge is 0.421 e. The minimum Gasteiger partial charge on any atom is -0.507 e. The van der Waals surface area contributed by atoms with Crippen LogP contribution in [0.15, 0.2) is 42.5 Å². The van der Waals surface area contributed by atoms with Crippen molar-refractivity contribution >= 4 is 16.9 Å². The molecule has 0 amide bonds. The predicted octanol–water partition coefficient (Wildman–Crippen LogP) is 6.58. The number of halogens is 4. The third-order valence-corrected chi connectivity index (χ3v) is 6.66. The number of aromatic nitrogens is 1. The third-order valence-electron chi connectivity index (χ3n) is 6.66. The standard InChI is InChI=1S/C26H27F4NO4/c1-24(2)15-35-25(26(28,29)30,14-5-3-4-9-20(33)34)22-21-18(7-6-8-19(21)32)31(23(22)24)17-12-10-16(27)11-13-17/h6-8,10-13,32H,3-5,9,14-15H2,1-2H3,(H,33,34). The number of ether oxygens (including phenoxy) is 1. The van der Waals surface area contributed by atoms with Crippen molar-refractivity contribution in [2.45, 2.75) is 63.1 Å². The maximum absolute atomic E-state index is 14.9. The molecular formula is C26H27F4NO4. The molecular weight excluding hydrogens is 466 g/mol. The second-order valence-corrected chi connectivity index (χ2v) is 9.66. The number of alkyl halides is 3. The fraction of sp³-hybridized carbons (Fsp3) is 0.423. The van der Waals surface area contributed by atoms with Crippen LogP contribution in [-0.2, 0) is 20.5 Å². The van der Waals surface area contributed by atoms with Crippen molar-refractivity contribution in [3.63, 3.8) is 0 Å². The van der Waals surface area contributed by atoms with E-state index in [0.29, 0.717) is 16.9 Å². The molecule has 1 aliphatic rings. The lowest BCUT2D eigenvalue weighted by Gasteiger charge is -2.45. The zero-order chi connectivity index (χ0) is 25.6. The van der Waals surface area contributed by atoms with Gasteiger partial charge in [0.15, 0.2) is 5.60 Å². The van der Waals surface area contributed by atoms with Crippen LogP contribution in [0.5, 0.6) is 5.75 Å². The Balaban J connectivity index is 1.98. The van der Waals surface area contributed by atoms with Crippen molar-refractivity contribution in [1.29, 1.82) is 0 Å². The van der Waals surface area contributed by atoms with Crippen LogP contribution in [0.1, 0.15) is 57.2 Å². The number of carbonyl (C=O) groups is 1. The Bertz CT molecular complexity index is 1250. The number of aromatic hydroxyl groups is 1. The van der Waals surface area contributed by atoms with Gasteiger partial charge in [-0.05, 0) is 55.7 Å². The summed E-state index contributed by atoms with van der Waals surface area (Å²) in [7, 11) is 0. The number of carboxylic acids is 1. The van der Waals surface area contributed by atoms with Gasteiger partial charge in [0.1, 0.15) is 11.6 Å². The van der Waals surface area contributed by atoms with Gasteiger partial charge in [-0.15, -0.1) is 0 Å². The lowest BCUT2D eigenvalue weighted by atomic mass is 9.75. The van der Waals surface area contributed by atoms with E-state index in [9.17, 15) is 27.5 Å². The first-order valence-electron chi connectivity index (χ1n) is 11.4. The lowest BCUT2D eigenvalue weighted by molar-refractivity contribution is -0.296. The van der Waals surface area contributed by atoms with Crippen molar-refractivity contribution in [1.82, 2.24) is 4.57 Å². The Morgan fingerprint density at radius 2 is 1.77 bits per heavy atom. The number of aliphatic carboxylic acids is 1. The molecule has 1 atom stereocenters. The Labute approximate surface area is 199 Å². The maximum Gasteiger partial charge on any atom is 0.421 e. The fourth-order valence-electron chi connectivity index (χ4n) is 5.05. The van der Waals surface area contributed by atoms with E-state index < -0.39 is 35.4 Å². The van der Waals surface area contributed by atoms with Gasteiger partial charge in [-0.1, -0.05) is 26.3 Å². The van der Waals surface area contributed by atoms with Gasteiger partial charge in [0.25, 0.3) is 0 Å². The molecule has 1 unspecified atom stereocenters. The maximum atomic E-state index is 14.9. The first-order valence-corrected chi connectivity index (χ1v) is 11.4. The summed E-state index contributed by atoms with van der Waals surface area (Å²) in [6.45, 7) is 3.32. The molecule has 0 aliphatic carbocycles.